The fourth-order valence-corrected chi connectivity index (χ4v) is 2.02. The number of halogens is 1. The minimum atomic E-state index is -0.496. The first-order chi connectivity index (χ1) is 9.63. The van der Waals surface area contributed by atoms with Crippen molar-refractivity contribution in [3.63, 3.8) is 0 Å². The van der Waals surface area contributed by atoms with Gasteiger partial charge in [0.1, 0.15) is 0 Å². The van der Waals surface area contributed by atoms with Gasteiger partial charge < -0.3 is 9.73 Å². The van der Waals surface area contributed by atoms with Gasteiger partial charge in [0, 0.05) is 22.7 Å². The number of rotatable bonds is 5. The van der Waals surface area contributed by atoms with E-state index in [-0.39, 0.29) is 18.1 Å². The molecule has 1 fully saturated rings. The van der Waals surface area contributed by atoms with Crippen LogP contribution in [0.3, 0.4) is 0 Å². The summed E-state index contributed by atoms with van der Waals surface area (Å²) in [5.41, 5.74) is -0.110. The van der Waals surface area contributed by atoms with E-state index in [0.29, 0.717) is 22.2 Å². The van der Waals surface area contributed by atoms with Crippen LogP contribution in [-0.4, -0.2) is 20.1 Å². The molecule has 9 heteroatoms. The molecule has 0 radical (unpaired) electrons. The second kappa shape index (κ2) is 5.16. The van der Waals surface area contributed by atoms with E-state index in [0.717, 1.165) is 12.8 Å². The largest absolute Gasteiger partial charge is 0.423 e. The van der Waals surface area contributed by atoms with Crippen LogP contribution in [0, 0.1) is 10.1 Å². The molecule has 2 heterocycles. The van der Waals surface area contributed by atoms with Crippen LogP contribution in [0.5, 0.6) is 0 Å². The van der Waals surface area contributed by atoms with E-state index in [1.807, 2.05) is 0 Å². The van der Waals surface area contributed by atoms with Crippen LogP contribution in [0.1, 0.15) is 30.5 Å². The molecule has 0 amide bonds. The molecule has 20 heavy (non-hydrogen) atoms. The monoisotopic (exact) mass is 339 g/mol. The van der Waals surface area contributed by atoms with Gasteiger partial charge in [-0.2, -0.15) is 0 Å². The maximum absolute atomic E-state index is 10.9. The lowest BCUT2D eigenvalue weighted by atomic mass is 10.4. The van der Waals surface area contributed by atoms with Crippen molar-refractivity contribution in [2.75, 3.05) is 5.32 Å². The predicted molar refractivity (Wildman–Crippen MR) is 72.2 cm³/mol. The van der Waals surface area contributed by atoms with Crippen molar-refractivity contribution in [3.8, 4) is 0 Å². The minimum absolute atomic E-state index is 0.110. The molecular weight excluding hydrogens is 330 g/mol. The van der Waals surface area contributed by atoms with Crippen molar-refractivity contribution in [3.05, 3.63) is 38.6 Å². The smallest absolute Gasteiger partial charge is 0.312 e. The Bertz CT molecular complexity index is 655. The SMILES string of the molecule is O=[N+]([O-])c1cc(Br)cnc1NCc1nnc(C2CC2)o1. The Kier molecular flexibility index (Phi) is 3.35. The van der Waals surface area contributed by atoms with Crippen LogP contribution in [0.2, 0.25) is 0 Å². The Morgan fingerprint density at radius 1 is 1.50 bits per heavy atom. The fraction of sp³-hybridized carbons (Fsp3) is 0.364. The number of nitrogens with zero attached hydrogens (tertiary/aromatic N) is 4. The lowest BCUT2D eigenvalue weighted by molar-refractivity contribution is -0.384. The summed E-state index contributed by atoms with van der Waals surface area (Å²) in [6.45, 7) is 0.204. The van der Waals surface area contributed by atoms with Crippen LogP contribution in [0.25, 0.3) is 0 Å². The van der Waals surface area contributed by atoms with Gasteiger partial charge >= 0.3 is 5.69 Å². The van der Waals surface area contributed by atoms with Crippen molar-refractivity contribution in [1.29, 1.82) is 0 Å². The summed E-state index contributed by atoms with van der Waals surface area (Å²) in [5.74, 6) is 1.59. The molecule has 0 aromatic carbocycles. The van der Waals surface area contributed by atoms with Crippen LogP contribution in [0.15, 0.2) is 21.2 Å². The van der Waals surface area contributed by atoms with Gasteiger partial charge in [-0.3, -0.25) is 10.1 Å². The van der Waals surface area contributed by atoms with Crippen molar-refractivity contribution in [1.82, 2.24) is 15.2 Å². The molecule has 0 spiro atoms. The first kappa shape index (κ1) is 13.0. The molecule has 3 rings (SSSR count). The van der Waals surface area contributed by atoms with E-state index in [1.54, 1.807) is 0 Å². The number of hydrogen-bond donors (Lipinski definition) is 1. The Morgan fingerprint density at radius 2 is 2.30 bits per heavy atom. The van der Waals surface area contributed by atoms with Crippen LogP contribution < -0.4 is 5.32 Å². The van der Waals surface area contributed by atoms with E-state index < -0.39 is 4.92 Å². The molecule has 2 aromatic heterocycles. The van der Waals surface area contributed by atoms with Gasteiger partial charge in [0.2, 0.25) is 17.6 Å². The minimum Gasteiger partial charge on any atom is -0.423 e. The molecule has 8 nitrogen and oxygen atoms in total. The molecule has 104 valence electrons. The Labute approximate surface area is 121 Å². The molecule has 2 aromatic rings. The average Bonchev–Trinajstić information content (AvgIpc) is 3.17. The molecule has 1 aliphatic carbocycles. The van der Waals surface area contributed by atoms with Crippen molar-refractivity contribution in [2.45, 2.75) is 25.3 Å². The third kappa shape index (κ3) is 2.77. The molecular formula is C11H10BrN5O3. The molecule has 0 unspecified atom stereocenters. The van der Waals surface area contributed by atoms with Crippen LogP contribution in [-0.2, 0) is 6.54 Å². The van der Waals surface area contributed by atoms with Crippen LogP contribution in [0.4, 0.5) is 11.5 Å². The summed E-state index contributed by atoms with van der Waals surface area (Å²) in [6, 6.07) is 1.39. The standard InChI is InChI=1S/C11H10BrN5O3/c12-7-3-8(17(18)19)10(13-4-7)14-5-9-15-16-11(20-9)6-1-2-6/h3-4,6H,1-2,5H2,(H,13,14). The van der Waals surface area contributed by atoms with Gasteiger partial charge in [-0.1, -0.05) is 0 Å². The third-order valence-corrected chi connectivity index (χ3v) is 3.28. The number of aromatic nitrogens is 3. The van der Waals surface area contributed by atoms with Gasteiger partial charge in [-0.15, -0.1) is 10.2 Å². The third-order valence-electron chi connectivity index (χ3n) is 2.85. The first-order valence-electron chi connectivity index (χ1n) is 5.99. The second-order valence-electron chi connectivity index (χ2n) is 4.44. The number of nitro groups is 1. The normalized spacial score (nSPS) is 14.2. The van der Waals surface area contributed by atoms with E-state index >= 15 is 0 Å². The summed E-state index contributed by atoms with van der Waals surface area (Å²) in [6.07, 6.45) is 3.64. The first-order valence-corrected chi connectivity index (χ1v) is 6.79. The van der Waals surface area contributed by atoms with Crippen molar-refractivity contribution < 1.29 is 9.34 Å². The van der Waals surface area contributed by atoms with E-state index in [2.05, 4.69) is 36.4 Å². The highest BCUT2D eigenvalue weighted by Gasteiger charge is 2.29. The Balaban J connectivity index is 1.72. The lowest BCUT2D eigenvalue weighted by Gasteiger charge is -2.03. The molecule has 1 N–H and O–H groups in total. The van der Waals surface area contributed by atoms with Crippen molar-refractivity contribution in [2.24, 2.45) is 0 Å². The quantitative estimate of drug-likeness (QED) is 0.658. The average molecular weight is 340 g/mol. The molecule has 0 bridgehead atoms. The molecule has 1 saturated carbocycles. The lowest BCUT2D eigenvalue weighted by Crippen LogP contribution is -2.05. The summed E-state index contributed by atoms with van der Waals surface area (Å²) in [4.78, 5) is 14.4. The molecule has 0 saturated heterocycles. The van der Waals surface area contributed by atoms with Gasteiger partial charge in [0.25, 0.3) is 0 Å². The Morgan fingerprint density at radius 3 is 3.00 bits per heavy atom. The molecule has 0 atom stereocenters. The summed E-state index contributed by atoms with van der Waals surface area (Å²) >= 11 is 3.15. The van der Waals surface area contributed by atoms with Gasteiger partial charge in [0.05, 0.1) is 11.5 Å². The van der Waals surface area contributed by atoms with Crippen molar-refractivity contribution >= 4 is 27.4 Å². The van der Waals surface area contributed by atoms with E-state index in [4.69, 9.17) is 4.42 Å². The molecule has 0 aliphatic heterocycles. The molecule has 1 aliphatic rings. The number of nitrogens with one attached hydrogen (secondary N) is 1. The second-order valence-corrected chi connectivity index (χ2v) is 5.36. The van der Waals surface area contributed by atoms with Gasteiger partial charge in [-0.25, -0.2) is 4.98 Å². The predicted octanol–water partition coefficient (Wildman–Crippen LogP) is 2.62. The highest BCUT2D eigenvalue weighted by atomic mass is 79.9. The zero-order valence-electron chi connectivity index (χ0n) is 10.2. The number of pyridine rings is 1. The maximum atomic E-state index is 10.9. The van der Waals surface area contributed by atoms with E-state index in [1.165, 1.54) is 12.3 Å². The topological polar surface area (TPSA) is 107 Å². The highest BCUT2D eigenvalue weighted by Crippen LogP contribution is 2.39. The number of anilines is 1. The summed E-state index contributed by atoms with van der Waals surface area (Å²) in [5, 5.41) is 21.6. The maximum Gasteiger partial charge on any atom is 0.312 e. The Hall–Kier alpha value is -2.03. The van der Waals surface area contributed by atoms with E-state index in [9.17, 15) is 10.1 Å². The van der Waals surface area contributed by atoms with Crippen LogP contribution >= 0.6 is 15.9 Å². The summed E-state index contributed by atoms with van der Waals surface area (Å²) < 4.78 is 6.01. The fourth-order valence-electron chi connectivity index (χ4n) is 1.70. The number of hydrogen-bond acceptors (Lipinski definition) is 7. The summed E-state index contributed by atoms with van der Waals surface area (Å²) in [7, 11) is 0. The van der Waals surface area contributed by atoms with Gasteiger partial charge in [-0.05, 0) is 28.8 Å². The zero-order valence-corrected chi connectivity index (χ0v) is 11.8. The zero-order chi connectivity index (χ0) is 14.1. The van der Waals surface area contributed by atoms with Gasteiger partial charge in [0.15, 0.2) is 0 Å². The highest BCUT2D eigenvalue weighted by molar-refractivity contribution is 9.10.